The van der Waals surface area contributed by atoms with E-state index in [1.54, 1.807) is 6.07 Å². The first-order valence-electron chi connectivity index (χ1n) is 7.09. The minimum absolute atomic E-state index is 0.102. The summed E-state index contributed by atoms with van der Waals surface area (Å²) < 4.78 is 39.1. The Morgan fingerprint density at radius 3 is 2.22 bits per heavy atom. The van der Waals surface area contributed by atoms with Crippen molar-refractivity contribution in [3.8, 4) is 11.3 Å². The second kappa shape index (κ2) is 5.33. The molecule has 23 heavy (non-hydrogen) atoms. The van der Waals surface area contributed by atoms with Crippen LogP contribution in [0.5, 0.6) is 0 Å². The molecule has 3 rings (SSSR count). The number of carbonyl (C=O) groups excluding carboxylic acids is 1. The number of nitrogens with zero attached hydrogens (tertiary/aromatic N) is 3. The van der Waals surface area contributed by atoms with Gasteiger partial charge in [-0.3, -0.25) is 9.69 Å². The Balaban J connectivity index is 1.81. The van der Waals surface area contributed by atoms with Crippen molar-refractivity contribution in [3.63, 3.8) is 0 Å². The van der Waals surface area contributed by atoms with Crippen molar-refractivity contribution in [1.29, 1.82) is 0 Å². The lowest BCUT2D eigenvalue weighted by Crippen LogP contribution is -2.42. The number of hydrogen-bond donors (Lipinski definition) is 0. The Labute approximate surface area is 130 Å². The number of halogens is 3. The molecule has 1 saturated carbocycles. The number of benzene rings is 1. The molecule has 0 bridgehead atoms. The molecule has 0 radical (unpaired) electrons. The zero-order valence-electron chi connectivity index (χ0n) is 12.3. The van der Waals surface area contributed by atoms with E-state index in [-0.39, 0.29) is 18.7 Å². The summed E-state index contributed by atoms with van der Waals surface area (Å²) in [5.41, 5.74) is -0.816. The third kappa shape index (κ3) is 2.67. The monoisotopic (exact) mass is 321 g/mol. The van der Waals surface area contributed by atoms with Gasteiger partial charge in [-0.15, -0.1) is 10.2 Å². The van der Waals surface area contributed by atoms with Crippen LogP contribution in [-0.4, -0.2) is 29.3 Å². The lowest BCUT2D eigenvalue weighted by atomic mass is 10.1. The Morgan fingerprint density at radius 2 is 1.74 bits per heavy atom. The zero-order valence-corrected chi connectivity index (χ0v) is 12.3. The smallest absolute Gasteiger partial charge is 0.298 e. The Hall–Kier alpha value is -2.44. The number of rotatable bonds is 3. The maximum atomic E-state index is 13.0. The van der Waals surface area contributed by atoms with Gasteiger partial charge in [0, 0.05) is 12.6 Å². The van der Waals surface area contributed by atoms with Crippen molar-refractivity contribution in [2.45, 2.75) is 19.0 Å². The van der Waals surface area contributed by atoms with E-state index in [2.05, 4.69) is 10.2 Å². The molecule has 1 aromatic carbocycles. The van der Waals surface area contributed by atoms with Crippen LogP contribution in [0.1, 0.15) is 12.8 Å². The summed E-state index contributed by atoms with van der Waals surface area (Å²) in [6.45, 7) is 0. The number of amides is 1. The van der Waals surface area contributed by atoms with Gasteiger partial charge in [-0.2, -0.15) is 13.2 Å². The molecule has 0 N–H and O–H groups in total. The van der Waals surface area contributed by atoms with Gasteiger partial charge in [0.15, 0.2) is 5.82 Å². The van der Waals surface area contributed by atoms with E-state index in [1.807, 2.05) is 30.3 Å². The van der Waals surface area contributed by atoms with Crippen molar-refractivity contribution in [2.75, 3.05) is 11.9 Å². The van der Waals surface area contributed by atoms with Gasteiger partial charge in [0.25, 0.3) is 0 Å². The van der Waals surface area contributed by atoms with E-state index in [1.165, 1.54) is 13.1 Å². The molecule has 0 unspecified atom stereocenters. The standard InChI is InChI=1S/C16H14F3N3O/c1-22(14(23)15(9-10-15)16(17,18)19)13-8-7-12(20-21-13)11-5-3-2-4-6-11/h2-8H,9-10H2,1H3. The van der Waals surface area contributed by atoms with Crippen molar-refractivity contribution in [1.82, 2.24) is 10.2 Å². The predicted octanol–water partition coefficient (Wildman–Crippen LogP) is 3.45. The SMILES string of the molecule is CN(C(=O)C1(C(F)(F)F)CC1)c1ccc(-c2ccccc2)nn1. The molecule has 0 atom stereocenters. The predicted molar refractivity (Wildman–Crippen MR) is 78.6 cm³/mol. The fraction of sp³-hybridized carbons (Fsp3) is 0.312. The normalized spacial score (nSPS) is 16.0. The molecule has 1 aliphatic carbocycles. The van der Waals surface area contributed by atoms with Crippen LogP contribution in [0.25, 0.3) is 11.3 Å². The molecule has 0 spiro atoms. The molecule has 0 saturated heterocycles. The van der Waals surface area contributed by atoms with Crippen molar-refractivity contribution >= 4 is 11.7 Å². The molecule has 7 heteroatoms. The highest BCUT2D eigenvalue weighted by Gasteiger charge is 2.69. The van der Waals surface area contributed by atoms with Crippen LogP contribution in [0.3, 0.4) is 0 Å². The fourth-order valence-electron chi connectivity index (χ4n) is 2.44. The number of aromatic nitrogens is 2. The first kappa shape index (κ1) is 15.5. The Kier molecular flexibility index (Phi) is 3.58. The van der Waals surface area contributed by atoms with Crippen LogP contribution >= 0.6 is 0 Å². The van der Waals surface area contributed by atoms with Gasteiger partial charge in [0.2, 0.25) is 5.91 Å². The summed E-state index contributed by atoms with van der Waals surface area (Å²) in [4.78, 5) is 13.1. The van der Waals surface area contributed by atoms with E-state index in [0.29, 0.717) is 5.69 Å². The first-order valence-corrected chi connectivity index (χ1v) is 7.09. The molecule has 0 aliphatic heterocycles. The molecule has 4 nitrogen and oxygen atoms in total. The lowest BCUT2D eigenvalue weighted by molar-refractivity contribution is -0.190. The molecule has 1 fully saturated rings. The quantitative estimate of drug-likeness (QED) is 0.870. The van der Waals surface area contributed by atoms with Crippen LogP contribution in [0.4, 0.5) is 19.0 Å². The topological polar surface area (TPSA) is 46.1 Å². The van der Waals surface area contributed by atoms with Gasteiger partial charge in [0.1, 0.15) is 5.41 Å². The van der Waals surface area contributed by atoms with Crippen molar-refractivity contribution in [3.05, 3.63) is 42.5 Å². The maximum Gasteiger partial charge on any atom is 0.403 e. The number of alkyl halides is 3. The average molecular weight is 321 g/mol. The van der Waals surface area contributed by atoms with Gasteiger partial charge in [-0.1, -0.05) is 30.3 Å². The highest BCUT2D eigenvalue weighted by molar-refractivity contribution is 5.98. The van der Waals surface area contributed by atoms with Crippen LogP contribution in [0, 0.1) is 5.41 Å². The van der Waals surface area contributed by atoms with Gasteiger partial charge in [0.05, 0.1) is 5.69 Å². The molecule has 1 amide bonds. The van der Waals surface area contributed by atoms with E-state index < -0.39 is 17.5 Å². The summed E-state index contributed by atoms with van der Waals surface area (Å²) in [5.74, 6) is -0.878. The van der Waals surface area contributed by atoms with Gasteiger partial charge in [-0.25, -0.2) is 0 Å². The van der Waals surface area contributed by atoms with Crippen LogP contribution in [0.2, 0.25) is 0 Å². The third-order valence-corrected chi connectivity index (χ3v) is 4.07. The summed E-state index contributed by atoms with van der Waals surface area (Å²) in [5, 5.41) is 7.88. The second-order valence-electron chi connectivity index (χ2n) is 5.59. The molecular weight excluding hydrogens is 307 g/mol. The largest absolute Gasteiger partial charge is 0.403 e. The van der Waals surface area contributed by atoms with Crippen molar-refractivity contribution in [2.24, 2.45) is 5.41 Å². The first-order chi connectivity index (χ1) is 10.8. The van der Waals surface area contributed by atoms with E-state index >= 15 is 0 Å². The lowest BCUT2D eigenvalue weighted by Gasteiger charge is -2.24. The van der Waals surface area contributed by atoms with Crippen LogP contribution in [-0.2, 0) is 4.79 Å². The van der Waals surface area contributed by atoms with E-state index in [9.17, 15) is 18.0 Å². The molecule has 1 aliphatic rings. The van der Waals surface area contributed by atoms with Crippen LogP contribution in [0.15, 0.2) is 42.5 Å². The summed E-state index contributed by atoms with van der Waals surface area (Å²) in [6, 6.07) is 12.4. The minimum atomic E-state index is -4.53. The van der Waals surface area contributed by atoms with Gasteiger partial charge >= 0.3 is 6.18 Å². The van der Waals surface area contributed by atoms with Crippen molar-refractivity contribution < 1.29 is 18.0 Å². The highest BCUT2D eigenvalue weighted by atomic mass is 19.4. The summed E-state index contributed by atoms with van der Waals surface area (Å²) in [6.07, 6.45) is -4.87. The molecular formula is C16H14F3N3O. The average Bonchev–Trinajstić information content (AvgIpc) is 3.36. The minimum Gasteiger partial charge on any atom is -0.298 e. The molecule has 1 aromatic heterocycles. The Morgan fingerprint density at radius 1 is 1.09 bits per heavy atom. The number of hydrogen-bond acceptors (Lipinski definition) is 3. The number of anilines is 1. The molecule has 120 valence electrons. The Bertz CT molecular complexity index is 710. The zero-order chi connectivity index (χ0) is 16.7. The molecule has 2 aromatic rings. The fourth-order valence-corrected chi connectivity index (χ4v) is 2.44. The summed E-state index contributed by atoms with van der Waals surface area (Å²) in [7, 11) is 1.29. The second-order valence-corrected chi connectivity index (χ2v) is 5.59. The van der Waals surface area contributed by atoms with Gasteiger partial charge < -0.3 is 0 Å². The van der Waals surface area contributed by atoms with Gasteiger partial charge in [-0.05, 0) is 25.0 Å². The maximum absolute atomic E-state index is 13.0. The summed E-state index contributed by atoms with van der Waals surface area (Å²) >= 11 is 0. The molecule has 1 heterocycles. The number of carbonyl (C=O) groups is 1. The highest BCUT2D eigenvalue weighted by Crippen LogP contribution is 2.58. The van der Waals surface area contributed by atoms with E-state index in [0.717, 1.165) is 10.5 Å². The van der Waals surface area contributed by atoms with Crippen LogP contribution < -0.4 is 4.90 Å². The van der Waals surface area contributed by atoms with E-state index in [4.69, 9.17) is 0 Å². The third-order valence-electron chi connectivity index (χ3n) is 4.07.